The minimum atomic E-state index is -3.61. The van der Waals surface area contributed by atoms with Crippen LogP contribution in [-0.4, -0.2) is 53.3 Å². The van der Waals surface area contributed by atoms with Gasteiger partial charge in [0, 0.05) is 36.9 Å². The highest BCUT2D eigenvalue weighted by Gasteiger charge is 2.37. The normalized spacial score (nSPS) is 18.8. The van der Waals surface area contributed by atoms with Gasteiger partial charge in [0.15, 0.2) is 0 Å². The number of carboxylic acid groups (broad SMARTS) is 1. The largest absolute Gasteiger partial charge is 0.481 e. The number of hydrogen-bond acceptors (Lipinski definition) is 5. The first-order chi connectivity index (χ1) is 12.6. The number of carbonyl (C=O) groups is 2. The summed E-state index contributed by atoms with van der Waals surface area (Å²) in [6.07, 6.45) is 3.45. The van der Waals surface area contributed by atoms with Crippen LogP contribution in [0.2, 0.25) is 0 Å². The second-order valence-electron chi connectivity index (χ2n) is 7.50. The minimum Gasteiger partial charge on any atom is -0.481 e. The van der Waals surface area contributed by atoms with Crippen LogP contribution in [0.3, 0.4) is 0 Å². The Morgan fingerprint density at radius 1 is 1.37 bits per heavy atom. The number of piperidine rings is 1. The number of amides is 1. The van der Waals surface area contributed by atoms with Gasteiger partial charge in [-0.1, -0.05) is 13.8 Å². The number of aliphatic carboxylic acids is 1. The van der Waals surface area contributed by atoms with Gasteiger partial charge in [-0.15, -0.1) is 0 Å². The average molecular weight is 397 g/mol. The molecule has 0 bridgehead atoms. The third-order valence-corrected chi connectivity index (χ3v) is 7.18. The van der Waals surface area contributed by atoms with Crippen LogP contribution in [0.4, 0.5) is 0 Å². The molecule has 0 aliphatic carbocycles. The quantitative estimate of drug-likeness (QED) is 0.720. The van der Waals surface area contributed by atoms with E-state index >= 15 is 0 Å². The zero-order valence-electron chi connectivity index (χ0n) is 15.9. The smallest absolute Gasteiger partial charge is 0.305 e. The number of aromatic nitrogens is 1. The zero-order valence-corrected chi connectivity index (χ0v) is 16.7. The molecule has 1 aliphatic rings. The molecule has 150 valence electrons. The molecule has 1 aromatic heterocycles. The first-order valence-electron chi connectivity index (χ1n) is 9.00. The van der Waals surface area contributed by atoms with Crippen molar-refractivity contribution in [2.24, 2.45) is 11.8 Å². The zero-order chi connectivity index (χ0) is 20.2. The monoisotopic (exact) mass is 397 g/mol. The molecule has 1 amide bonds. The molecule has 1 atom stereocenters. The van der Waals surface area contributed by atoms with Crippen LogP contribution in [0, 0.1) is 11.8 Å². The maximum atomic E-state index is 12.6. The van der Waals surface area contributed by atoms with Gasteiger partial charge >= 0.3 is 5.97 Å². The van der Waals surface area contributed by atoms with Gasteiger partial charge in [-0.25, -0.2) is 8.42 Å². The van der Waals surface area contributed by atoms with Gasteiger partial charge < -0.3 is 10.4 Å². The number of carbonyl (C=O) groups excluding carboxylic acids is 1. The van der Waals surface area contributed by atoms with Crippen LogP contribution in [0.25, 0.3) is 0 Å². The molecule has 0 saturated carbocycles. The van der Waals surface area contributed by atoms with Gasteiger partial charge in [-0.2, -0.15) is 4.31 Å². The van der Waals surface area contributed by atoms with Gasteiger partial charge in [0.1, 0.15) is 4.90 Å². The van der Waals surface area contributed by atoms with Crippen LogP contribution < -0.4 is 5.32 Å². The lowest BCUT2D eigenvalue weighted by Crippen LogP contribution is -2.54. The molecule has 1 unspecified atom stereocenters. The van der Waals surface area contributed by atoms with Gasteiger partial charge in [-0.05, 0) is 37.8 Å². The number of sulfonamides is 1. The Hall–Kier alpha value is -2.00. The van der Waals surface area contributed by atoms with Gasteiger partial charge in [0.05, 0.1) is 6.42 Å². The van der Waals surface area contributed by atoms with Crippen molar-refractivity contribution in [3.8, 4) is 0 Å². The number of pyridine rings is 1. The Bertz CT molecular complexity index is 773. The van der Waals surface area contributed by atoms with E-state index in [0.717, 1.165) is 0 Å². The molecule has 0 spiro atoms. The van der Waals surface area contributed by atoms with Gasteiger partial charge in [-0.3, -0.25) is 14.6 Å². The van der Waals surface area contributed by atoms with Crippen molar-refractivity contribution in [3.05, 3.63) is 24.5 Å². The highest BCUT2D eigenvalue weighted by molar-refractivity contribution is 7.89. The van der Waals surface area contributed by atoms with E-state index in [1.54, 1.807) is 13.0 Å². The van der Waals surface area contributed by atoms with E-state index in [0.29, 0.717) is 12.8 Å². The van der Waals surface area contributed by atoms with Gasteiger partial charge in [0.2, 0.25) is 15.9 Å². The molecule has 27 heavy (non-hydrogen) atoms. The lowest BCUT2D eigenvalue weighted by atomic mass is 9.84. The molecule has 9 heteroatoms. The number of nitrogens with zero attached hydrogens (tertiary/aromatic N) is 2. The number of nitrogens with one attached hydrogen (secondary N) is 1. The maximum Gasteiger partial charge on any atom is 0.305 e. The highest BCUT2D eigenvalue weighted by atomic mass is 32.2. The van der Waals surface area contributed by atoms with E-state index in [1.165, 1.54) is 22.8 Å². The van der Waals surface area contributed by atoms with E-state index in [9.17, 15) is 18.0 Å². The predicted molar refractivity (Wildman–Crippen MR) is 99.4 cm³/mol. The van der Waals surface area contributed by atoms with Crippen LogP contribution >= 0.6 is 0 Å². The summed E-state index contributed by atoms with van der Waals surface area (Å²) in [5, 5.41) is 12.0. The first-order valence-corrected chi connectivity index (χ1v) is 10.4. The number of hydrogen-bond donors (Lipinski definition) is 2. The molecule has 2 N–H and O–H groups in total. The van der Waals surface area contributed by atoms with E-state index < -0.39 is 21.5 Å². The molecule has 0 aromatic carbocycles. The molecule has 1 aliphatic heterocycles. The Labute approximate surface area is 160 Å². The minimum absolute atomic E-state index is 0.0522. The third-order valence-electron chi connectivity index (χ3n) is 5.30. The second kappa shape index (κ2) is 8.35. The Morgan fingerprint density at radius 3 is 2.48 bits per heavy atom. The van der Waals surface area contributed by atoms with Crippen LogP contribution in [0.15, 0.2) is 29.4 Å². The van der Waals surface area contributed by atoms with Crippen LogP contribution in [-0.2, 0) is 19.6 Å². The Kier molecular flexibility index (Phi) is 6.59. The standard InChI is InChI=1S/C18H27N3O5S/c1-13(2)18(3,11-16(22)23)20-17(24)14-6-9-21(10-7-14)27(25,26)15-5-4-8-19-12-15/h4-5,8,12-14H,6-7,9-11H2,1-3H3,(H,20,24)(H,22,23). The summed E-state index contributed by atoms with van der Waals surface area (Å²) in [4.78, 5) is 27.8. The molecular formula is C18H27N3O5S. The van der Waals surface area contributed by atoms with E-state index in [4.69, 9.17) is 5.11 Å². The van der Waals surface area contributed by atoms with Gasteiger partial charge in [0.25, 0.3) is 0 Å². The molecule has 0 radical (unpaired) electrons. The molecule has 8 nitrogen and oxygen atoms in total. The average Bonchev–Trinajstić information content (AvgIpc) is 2.61. The third kappa shape index (κ3) is 5.04. The molecule has 2 heterocycles. The van der Waals surface area contributed by atoms with E-state index in [1.807, 2.05) is 13.8 Å². The highest BCUT2D eigenvalue weighted by Crippen LogP contribution is 2.26. The lowest BCUT2D eigenvalue weighted by molar-refractivity contribution is -0.140. The van der Waals surface area contributed by atoms with E-state index in [-0.39, 0.29) is 42.1 Å². The fourth-order valence-electron chi connectivity index (χ4n) is 3.10. The van der Waals surface area contributed by atoms with Crippen molar-refractivity contribution in [1.82, 2.24) is 14.6 Å². The second-order valence-corrected chi connectivity index (χ2v) is 9.44. The number of carboxylic acids is 1. The van der Waals surface area contributed by atoms with Crippen molar-refractivity contribution < 1.29 is 23.1 Å². The van der Waals surface area contributed by atoms with Crippen LogP contribution in [0.1, 0.15) is 40.0 Å². The SMILES string of the molecule is CC(C)C(C)(CC(=O)O)NC(=O)C1CCN(S(=O)(=O)c2cccnc2)CC1. The molecule has 1 aromatic rings. The number of rotatable bonds is 7. The fraction of sp³-hybridized carbons (Fsp3) is 0.611. The fourth-order valence-corrected chi connectivity index (χ4v) is 4.53. The Balaban J connectivity index is 2.00. The summed E-state index contributed by atoms with van der Waals surface area (Å²) >= 11 is 0. The summed E-state index contributed by atoms with van der Waals surface area (Å²) in [7, 11) is -3.61. The topological polar surface area (TPSA) is 117 Å². The first kappa shape index (κ1) is 21.3. The van der Waals surface area contributed by atoms with Crippen molar-refractivity contribution in [2.45, 2.75) is 50.5 Å². The molecule has 1 fully saturated rings. The summed E-state index contributed by atoms with van der Waals surface area (Å²) in [5.41, 5.74) is -0.845. The van der Waals surface area contributed by atoms with Crippen molar-refractivity contribution >= 4 is 21.9 Å². The summed E-state index contributed by atoms with van der Waals surface area (Å²) in [5.74, 6) is -1.57. The summed E-state index contributed by atoms with van der Waals surface area (Å²) in [6.45, 7) is 5.95. The van der Waals surface area contributed by atoms with Crippen molar-refractivity contribution in [2.75, 3.05) is 13.1 Å². The summed E-state index contributed by atoms with van der Waals surface area (Å²) in [6, 6.07) is 3.07. The molecule has 1 saturated heterocycles. The van der Waals surface area contributed by atoms with Crippen molar-refractivity contribution in [3.63, 3.8) is 0 Å². The maximum absolute atomic E-state index is 12.6. The summed E-state index contributed by atoms with van der Waals surface area (Å²) < 4.78 is 26.6. The van der Waals surface area contributed by atoms with Crippen molar-refractivity contribution in [1.29, 1.82) is 0 Å². The Morgan fingerprint density at radius 2 is 2.00 bits per heavy atom. The predicted octanol–water partition coefficient (Wildman–Crippen LogP) is 1.49. The lowest BCUT2D eigenvalue weighted by Gasteiger charge is -2.37. The molecular weight excluding hydrogens is 370 g/mol. The van der Waals surface area contributed by atoms with E-state index in [2.05, 4.69) is 10.3 Å². The molecule has 2 rings (SSSR count). The van der Waals surface area contributed by atoms with Crippen LogP contribution in [0.5, 0.6) is 0 Å².